The first-order valence-corrected chi connectivity index (χ1v) is 48.4. The molecule has 0 fully saturated rings. The Bertz CT molecular complexity index is 7980. The molecule has 0 unspecified atom stereocenters. The van der Waals surface area contributed by atoms with Crippen LogP contribution in [0.15, 0.2) is 268 Å². The molecular formula is C95H86BrFN16O10S5. The monoisotopic (exact) mass is 1870 g/mol. The minimum atomic E-state index is -3.40. The van der Waals surface area contributed by atoms with Gasteiger partial charge in [-0.05, 0) is 214 Å². The van der Waals surface area contributed by atoms with Gasteiger partial charge in [0, 0.05) is 119 Å². The lowest BCUT2D eigenvalue weighted by Crippen LogP contribution is -2.27. The van der Waals surface area contributed by atoms with Crippen molar-refractivity contribution in [2.75, 3.05) is 5.73 Å². The van der Waals surface area contributed by atoms with E-state index in [-0.39, 0.29) is 4.90 Å². The van der Waals surface area contributed by atoms with Crippen molar-refractivity contribution in [2.45, 2.75) is 122 Å². The van der Waals surface area contributed by atoms with Crippen molar-refractivity contribution in [1.82, 2.24) is 73.9 Å². The van der Waals surface area contributed by atoms with E-state index in [0.29, 0.717) is 99.0 Å². The molecule has 0 saturated heterocycles. The number of pyridine rings is 1. The number of carbonyl (C=O) groups excluding carboxylic acids is 1. The van der Waals surface area contributed by atoms with Crippen LogP contribution in [0.1, 0.15) is 76.2 Å². The highest BCUT2D eigenvalue weighted by atomic mass is 79.9. The van der Waals surface area contributed by atoms with Gasteiger partial charge in [0.25, 0.3) is 0 Å². The van der Waals surface area contributed by atoms with Gasteiger partial charge in [0.15, 0.2) is 61.9 Å². The zero-order chi connectivity index (χ0) is 90.8. The Morgan fingerprint density at radius 1 is 0.422 bits per heavy atom. The van der Waals surface area contributed by atoms with E-state index in [1.54, 1.807) is 234 Å². The third-order valence-corrected chi connectivity index (χ3v) is 31.9. The van der Waals surface area contributed by atoms with Crippen LogP contribution in [0.2, 0.25) is 0 Å². The van der Waals surface area contributed by atoms with Gasteiger partial charge in [0.2, 0.25) is 0 Å². The van der Waals surface area contributed by atoms with E-state index in [0.717, 1.165) is 76.1 Å². The Hall–Kier alpha value is -13.3. The predicted molar refractivity (Wildman–Crippen MR) is 507 cm³/mol. The topological polar surface area (TPSA) is 378 Å². The fraction of sp³-hybridized carbons (Fsp3) is 0.179. The lowest BCUT2D eigenvalue weighted by molar-refractivity contribution is 0.0547. The molecule has 26 nitrogen and oxygen atoms in total. The van der Waals surface area contributed by atoms with Crippen LogP contribution in [-0.2, 0) is 51.1 Å². The van der Waals surface area contributed by atoms with E-state index in [9.17, 15) is 42.9 Å². The zero-order valence-corrected chi connectivity index (χ0v) is 76.9. The van der Waals surface area contributed by atoms with Gasteiger partial charge in [-0.3, -0.25) is 0 Å². The zero-order valence-electron chi connectivity index (χ0n) is 71.3. The van der Waals surface area contributed by atoms with Crippen molar-refractivity contribution in [1.29, 1.82) is 0 Å². The normalized spacial score (nSPS) is 12.3. The minimum Gasteiger partial charge on any atom is -0.443 e. The number of sulfone groups is 4. The first-order valence-electron chi connectivity index (χ1n) is 40.6. The number of hydrogen-bond donors (Lipinski definition) is 5. The van der Waals surface area contributed by atoms with Gasteiger partial charge in [0.1, 0.15) is 39.3 Å². The number of aryl methyl sites for hydroxylation is 1. The van der Waals surface area contributed by atoms with E-state index in [4.69, 9.17) is 30.4 Å². The highest BCUT2D eigenvalue weighted by Crippen LogP contribution is 2.41. The number of aromatic nitrogens is 15. The number of fused-ring (bicyclic) bond motifs is 7. The maximum absolute atomic E-state index is 14.0. The molecule has 0 radical (unpaired) electrons. The molecule has 19 rings (SSSR count). The molecule has 12 aromatic heterocycles. The van der Waals surface area contributed by atoms with E-state index in [1.165, 1.54) is 38.2 Å². The number of nitrogens with one attached hydrogen (secondary N) is 4. The number of thiophene rings is 1. The van der Waals surface area contributed by atoms with Crippen LogP contribution in [0.4, 0.5) is 15.0 Å². The molecule has 0 amide bonds. The number of H-pyrrole nitrogens is 4. The second kappa shape index (κ2) is 34.8. The van der Waals surface area contributed by atoms with E-state index in [1.807, 2.05) is 44.0 Å². The molecule has 0 spiro atoms. The summed E-state index contributed by atoms with van der Waals surface area (Å²) in [6.07, 6.45) is 17.2. The van der Waals surface area contributed by atoms with Gasteiger partial charge >= 0.3 is 6.09 Å². The van der Waals surface area contributed by atoms with Crippen molar-refractivity contribution < 1.29 is 47.6 Å². The number of ether oxygens (including phenoxy) is 1. The highest BCUT2D eigenvalue weighted by molar-refractivity contribution is 9.10. The average Bonchev–Trinajstić information content (AvgIpc) is 1.59. The summed E-state index contributed by atoms with van der Waals surface area (Å²) in [5.41, 5.74) is 23.5. The average molecular weight is 1870 g/mol. The quantitative estimate of drug-likeness (QED) is 0.0600. The number of nitrogens with two attached hydrogens (primary N) is 1. The third-order valence-electron chi connectivity index (χ3n) is 21.6. The molecule has 0 bridgehead atoms. The van der Waals surface area contributed by atoms with E-state index < -0.39 is 77.9 Å². The Balaban J connectivity index is 0.000000126. The molecule has 7 aromatic carbocycles. The molecule has 0 saturated carbocycles. The minimum absolute atomic E-state index is 0.238. The number of aromatic amines is 4. The van der Waals surface area contributed by atoms with Crippen molar-refractivity contribution in [3.63, 3.8) is 0 Å². The number of hydrogen-bond acceptors (Lipinski definition) is 21. The van der Waals surface area contributed by atoms with Crippen molar-refractivity contribution in [3.8, 4) is 89.0 Å². The number of nitrogen functional groups attached to an aromatic ring is 1. The molecular weight excluding hydrogens is 1780 g/mol. The number of rotatable bonds is 16. The van der Waals surface area contributed by atoms with E-state index >= 15 is 0 Å². The van der Waals surface area contributed by atoms with Gasteiger partial charge < -0.3 is 35.0 Å². The smallest absolute Gasteiger partial charge is 0.419 e. The van der Waals surface area contributed by atoms with Crippen LogP contribution in [0.5, 0.6) is 0 Å². The summed E-state index contributed by atoms with van der Waals surface area (Å²) < 4.78 is 125. The summed E-state index contributed by atoms with van der Waals surface area (Å²) in [5, 5.41) is 0.982. The molecule has 0 atom stereocenters. The standard InChI is InChI=1S/C28H27FN4O4S.C24H22N4O2S.C23H18BrN3O2S2.C20H19N5O2S/c1-16(2)38(35,36)20-9-6-17(7-10-20)22-15-31-26-25(32-22)21(14-30-26)24-13-18-12-19(29)8-11-23(18)33(24)27(34)37-28(3,4)5;1-15(2)31(29,30)19-8-6-16(7-9-19)21-14-26-24-23(27-21)20(13-25-24)18-5-4-17-10-11-28(3)22(17)12-18;1-13(2)31(28,29)17-6-3-14(4-7-17)19-12-26-23-22(27-19)18(11-25-23)21-10-15-9-16(24)5-8-20(15)30-21;1-12(2)28(26,27)15-6-3-13(4-7-15)17-11-24-20-19(25-17)16(10-23-20)14-5-8-18(21)22-9-14/h6-16H,1-5H3,(H,30,31);4-15H,1-3H3,(H,25,26);3-13H,1-2H3,(H,25,26);3-12H,1-2H3,(H2,21,22)(H,23,24). The Morgan fingerprint density at radius 3 is 1.24 bits per heavy atom. The van der Waals surface area contributed by atoms with Crippen LogP contribution >= 0.6 is 27.3 Å². The van der Waals surface area contributed by atoms with Crippen LogP contribution in [0.25, 0.3) is 166 Å². The summed E-state index contributed by atoms with van der Waals surface area (Å²) in [6, 6.07) is 53.3. The van der Waals surface area contributed by atoms with Crippen molar-refractivity contribution in [2.24, 2.45) is 7.05 Å². The summed E-state index contributed by atoms with van der Waals surface area (Å²) >= 11 is 5.24. The molecule has 650 valence electrons. The maximum atomic E-state index is 14.0. The third kappa shape index (κ3) is 17.7. The Labute approximate surface area is 749 Å². The first kappa shape index (κ1) is 88.1. The van der Waals surface area contributed by atoms with Crippen molar-refractivity contribution >= 4 is 155 Å². The number of carbonyl (C=O) groups is 1. The summed E-state index contributed by atoms with van der Waals surface area (Å²) in [5.74, 6) is 0.0288. The molecule has 6 N–H and O–H groups in total. The molecule has 33 heteroatoms. The number of anilines is 1. The lowest BCUT2D eigenvalue weighted by Gasteiger charge is -2.21. The number of halogens is 2. The first-order chi connectivity index (χ1) is 60.9. The van der Waals surface area contributed by atoms with Crippen LogP contribution in [0, 0.1) is 5.82 Å². The Morgan fingerprint density at radius 2 is 0.820 bits per heavy atom. The predicted octanol–water partition coefficient (Wildman–Crippen LogP) is 21.2. The molecule has 19 aromatic rings. The highest BCUT2D eigenvalue weighted by Gasteiger charge is 2.29. The molecule has 0 aliphatic heterocycles. The number of nitrogens with zero attached hydrogens (tertiary/aromatic N) is 11. The fourth-order valence-corrected chi connectivity index (χ4v) is 20.0. The van der Waals surface area contributed by atoms with Crippen molar-refractivity contribution in [3.05, 3.63) is 254 Å². The lowest BCUT2D eigenvalue weighted by atomic mass is 10.1. The summed E-state index contributed by atoms with van der Waals surface area (Å²) in [7, 11) is -11.3. The van der Waals surface area contributed by atoms with E-state index in [2.05, 4.69) is 108 Å². The van der Waals surface area contributed by atoms with Gasteiger partial charge in [-0.2, -0.15) is 0 Å². The van der Waals surface area contributed by atoms with Gasteiger partial charge in [-0.25, -0.2) is 92.3 Å². The fourth-order valence-electron chi connectivity index (χ4n) is 14.3. The molecule has 12 heterocycles. The van der Waals surface area contributed by atoms with Crippen LogP contribution in [-0.4, -0.2) is 140 Å². The second-order valence-corrected chi connectivity index (χ2v) is 44.6. The summed E-state index contributed by atoms with van der Waals surface area (Å²) in [6.45, 7) is 18.7. The van der Waals surface area contributed by atoms with Gasteiger partial charge in [0.05, 0.1) is 99.4 Å². The second-order valence-electron chi connectivity index (χ2n) is 32.6. The van der Waals surface area contributed by atoms with Gasteiger partial charge in [-0.1, -0.05) is 76.6 Å². The van der Waals surface area contributed by atoms with Crippen LogP contribution in [0.3, 0.4) is 0 Å². The van der Waals surface area contributed by atoms with Gasteiger partial charge in [-0.15, -0.1) is 11.3 Å². The number of benzene rings is 7. The molecule has 128 heavy (non-hydrogen) atoms. The van der Waals surface area contributed by atoms with Crippen LogP contribution < -0.4 is 5.73 Å². The largest absolute Gasteiger partial charge is 0.443 e. The summed E-state index contributed by atoms with van der Waals surface area (Å²) in [4.78, 5) is 69.5. The molecule has 0 aliphatic carbocycles. The molecule has 0 aliphatic rings. The Kier molecular flexibility index (Phi) is 24.0. The maximum Gasteiger partial charge on any atom is 0.419 e. The SMILES string of the molecule is CC(C)S(=O)(=O)c1ccc(-c2cnc3[nH]cc(-c4cc5cc(Br)ccc5s4)c3n2)cc1.CC(C)S(=O)(=O)c1ccc(-c2cnc3[nH]cc(-c4cc5cc(F)ccc5n4C(=O)OC(C)(C)C)c3n2)cc1.CC(C)S(=O)(=O)c1ccc(-c2cnc3[nH]cc(-c4ccc(N)nc4)c3n2)cc1.CC(C)S(=O)(=O)c1ccc(-c2cnc3[nH]cc(-c4ccc5ccn(C)c5c4)c3n2)cc1.